The van der Waals surface area contributed by atoms with Gasteiger partial charge in [-0.15, -0.1) is 0 Å². The Morgan fingerprint density at radius 2 is 1.79 bits per heavy atom. The number of hydrogen-bond acceptors (Lipinski definition) is 5. The third-order valence-electron chi connectivity index (χ3n) is 4.62. The molecule has 3 aromatic rings. The van der Waals surface area contributed by atoms with Crippen LogP contribution in [0.25, 0.3) is 0 Å². The van der Waals surface area contributed by atoms with Crippen molar-refractivity contribution in [2.24, 2.45) is 7.05 Å². The van der Waals surface area contributed by atoms with Crippen LogP contribution in [0.2, 0.25) is 0 Å². The SMILES string of the molecule is CN(Cc1ccc(C(=O)Nc2ccnn2C)cc1)Cc1ccc2c(c1)OCO2. The summed E-state index contributed by atoms with van der Waals surface area (Å²) in [5.41, 5.74) is 2.92. The van der Waals surface area contributed by atoms with Gasteiger partial charge in [-0.25, -0.2) is 0 Å². The van der Waals surface area contributed by atoms with E-state index < -0.39 is 0 Å². The van der Waals surface area contributed by atoms with Crippen molar-refractivity contribution in [3.63, 3.8) is 0 Å². The van der Waals surface area contributed by atoms with Gasteiger partial charge >= 0.3 is 0 Å². The maximum absolute atomic E-state index is 12.3. The summed E-state index contributed by atoms with van der Waals surface area (Å²) in [5, 5.41) is 6.89. The van der Waals surface area contributed by atoms with Crippen molar-refractivity contribution in [2.45, 2.75) is 13.1 Å². The zero-order chi connectivity index (χ0) is 19.5. The molecule has 2 aromatic carbocycles. The molecule has 0 radical (unpaired) electrons. The first-order valence-corrected chi connectivity index (χ1v) is 9.04. The van der Waals surface area contributed by atoms with Gasteiger partial charge in [0.1, 0.15) is 5.82 Å². The molecule has 1 aliphatic rings. The molecule has 0 saturated heterocycles. The molecule has 2 heterocycles. The van der Waals surface area contributed by atoms with Crippen molar-refractivity contribution in [1.29, 1.82) is 0 Å². The molecule has 1 N–H and O–H groups in total. The lowest BCUT2D eigenvalue weighted by Gasteiger charge is -2.17. The van der Waals surface area contributed by atoms with E-state index in [1.54, 1.807) is 24.0 Å². The molecular formula is C21H22N4O3. The third-order valence-corrected chi connectivity index (χ3v) is 4.62. The second-order valence-corrected chi connectivity index (χ2v) is 6.85. The predicted octanol–water partition coefficient (Wildman–Crippen LogP) is 3.03. The van der Waals surface area contributed by atoms with Crippen LogP contribution >= 0.6 is 0 Å². The van der Waals surface area contributed by atoms with Crippen molar-refractivity contribution < 1.29 is 14.3 Å². The number of ether oxygens (including phenoxy) is 2. The van der Waals surface area contributed by atoms with Gasteiger partial charge in [0.05, 0.1) is 6.20 Å². The standard InChI is InChI=1S/C21H22N4O3/c1-24(13-16-5-8-18-19(11-16)28-14-27-18)12-15-3-6-17(7-4-15)21(26)23-20-9-10-22-25(20)2/h3-11H,12-14H2,1-2H3,(H,23,26). The molecule has 4 rings (SSSR count). The molecule has 0 fully saturated rings. The van der Waals surface area contributed by atoms with E-state index in [2.05, 4.69) is 28.4 Å². The minimum Gasteiger partial charge on any atom is -0.454 e. The van der Waals surface area contributed by atoms with Gasteiger partial charge in [-0.3, -0.25) is 14.4 Å². The summed E-state index contributed by atoms with van der Waals surface area (Å²) in [7, 11) is 3.85. The number of carbonyl (C=O) groups excluding carboxylic acids is 1. The van der Waals surface area contributed by atoms with Gasteiger partial charge in [-0.2, -0.15) is 5.10 Å². The van der Waals surface area contributed by atoms with E-state index in [1.165, 1.54) is 5.56 Å². The summed E-state index contributed by atoms with van der Waals surface area (Å²) >= 11 is 0. The number of hydrogen-bond donors (Lipinski definition) is 1. The first-order valence-electron chi connectivity index (χ1n) is 9.04. The van der Waals surface area contributed by atoms with Gasteiger partial charge in [-0.05, 0) is 42.4 Å². The average molecular weight is 378 g/mol. The number of nitrogens with zero attached hydrogens (tertiary/aromatic N) is 3. The highest BCUT2D eigenvalue weighted by Crippen LogP contribution is 2.32. The highest BCUT2D eigenvalue weighted by atomic mass is 16.7. The number of anilines is 1. The van der Waals surface area contributed by atoms with Crippen molar-refractivity contribution in [1.82, 2.24) is 14.7 Å². The number of aryl methyl sites for hydroxylation is 1. The summed E-state index contributed by atoms with van der Waals surface area (Å²) in [6.45, 7) is 1.85. The Labute approximate surface area is 163 Å². The molecule has 0 bridgehead atoms. The molecule has 7 heteroatoms. The lowest BCUT2D eigenvalue weighted by molar-refractivity contribution is 0.102. The van der Waals surface area contributed by atoms with Crippen molar-refractivity contribution in [2.75, 3.05) is 19.2 Å². The Morgan fingerprint density at radius 3 is 2.54 bits per heavy atom. The Morgan fingerprint density at radius 1 is 1.07 bits per heavy atom. The molecular weight excluding hydrogens is 356 g/mol. The van der Waals surface area contributed by atoms with Crippen molar-refractivity contribution >= 4 is 11.7 Å². The number of rotatable bonds is 6. The average Bonchev–Trinajstić information content (AvgIpc) is 3.31. The maximum atomic E-state index is 12.3. The van der Waals surface area contributed by atoms with E-state index in [0.717, 1.165) is 30.2 Å². The number of benzene rings is 2. The zero-order valence-electron chi connectivity index (χ0n) is 15.9. The molecule has 1 amide bonds. The third kappa shape index (κ3) is 3.99. The van der Waals surface area contributed by atoms with Gasteiger partial charge in [0.15, 0.2) is 11.5 Å². The fourth-order valence-electron chi connectivity index (χ4n) is 3.17. The summed E-state index contributed by atoms with van der Waals surface area (Å²) in [5.74, 6) is 2.11. The largest absolute Gasteiger partial charge is 0.454 e. The van der Waals surface area contributed by atoms with Crippen LogP contribution < -0.4 is 14.8 Å². The summed E-state index contributed by atoms with van der Waals surface area (Å²) in [6, 6.07) is 15.4. The van der Waals surface area contributed by atoms with Crippen LogP contribution in [-0.2, 0) is 20.1 Å². The molecule has 0 saturated carbocycles. The van der Waals surface area contributed by atoms with E-state index >= 15 is 0 Å². The van der Waals surface area contributed by atoms with Gasteiger partial charge in [0.25, 0.3) is 5.91 Å². The van der Waals surface area contributed by atoms with Crippen LogP contribution in [-0.4, -0.2) is 34.4 Å². The molecule has 0 atom stereocenters. The van der Waals surface area contributed by atoms with Gasteiger partial charge in [0, 0.05) is 31.8 Å². The Balaban J connectivity index is 1.34. The normalized spacial score (nSPS) is 12.4. The summed E-state index contributed by atoms with van der Waals surface area (Å²) in [4.78, 5) is 14.6. The molecule has 0 aliphatic carbocycles. The Hall–Kier alpha value is -3.32. The van der Waals surface area contributed by atoms with Gasteiger partial charge in [-0.1, -0.05) is 18.2 Å². The first kappa shape index (κ1) is 18.1. The monoisotopic (exact) mass is 378 g/mol. The van der Waals surface area contributed by atoms with E-state index in [0.29, 0.717) is 11.4 Å². The Bertz CT molecular complexity index is 982. The lowest BCUT2D eigenvalue weighted by atomic mass is 10.1. The maximum Gasteiger partial charge on any atom is 0.256 e. The van der Waals surface area contributed by atoms with Crippen LogP contribution in [0.3, 0.4) is 0 Å². The molecule has 1 aromatic heterocycles. The Kier molecular flexibility index (Phi) is 4.99. The molecule has 0 unspecified atom stereocenters. The van der Waals surface area contributed by atoms with Crippen LogP contribution in [0.1, 0.15) is 21.5 Å². The minimum atomic E-state index is -0.149. The lowest BCUT2D eigenvalue weighted by Crippen LogP contribution is -2.18. The predicted molar refractivity (Wildman–Crippen MR) is 105 cm³/mol. The summed E-state index contributed by atoms with van der Waals surface area (Å²) < 4.78 is 12.4. The number of amides is 1. The van der Waals surface area contributed by atoms with Gasteiger partial charge < -0.3 is 14.8 Å². The van der Waals surface area contributed by atoms with E-state index in [-0.39, 0.29) is 12.7 Å². The fourth-order valence-corrected chi connectivity index (χ4v) is 3.17. The molecule has 7 nitrogen and oxygen atoms in total. The first-order chi connectivity index (χ1) is 13.6. The second kappa shape index (κ2) is 7.74. The van der Waals surface area contributed by atoms with Gasteiger partial charge in [0.2, 0.25) is 6.79 Å². The van der Waals surface area contributed by atoms with E-state index in [1.807, 2.05) is 36.4 Å². The number of carbonyl (C=O) groups is 1. The van der Waals surface area contributed by atoms with Crippen molar-refractivity contribution in [3.05, 3.63) is 71.4 Å². The molecule has 144 valence electrons. The van der Waals surface area contributed by atoms with Crippen LogP contribution in [0.4, 0.5) is 5.82 Å². The molecule has 28 heavy (non-hydrogen) atoms. The zero-order valence-corrected chi connectivity index (χ0v) is 15.9. The number of aromatic nitrogens is 2. The van der Waals surface area contributed by atoms with Crippen LogP contribution in [0.15, 0.2) is 54.7 Å². The highest BCUT2D eigenvalue weighted by molar-refractivity contribution is 6.03. The molecule has 1 aliphatic heterocycles. The smallest absolute Gasteiger partial charge is 0.256 e. The number of fused-ring (bicyclic) bond motifs is 1. The highest BCUT2D eigenvalue weighted by Gasteiger charge is 2.14. The minimum absolute atomic E-state index is 0.149. The topological polar surface area (TPSA) is 68.6 Å². The molecule has 0 spiro atoms. The fraction of sp³-hybridized carbons (Fsp3) is 0.238. The van der Waals surface area contributed by atoms with E-state index in [4.69, 9.17) is 9.47 Å². The quantitative estimate of drug-likeness (QED) is 0.714. The van der Waals surface area contributed by atoms with Crippen LogP contribution in [0.5, 0.6) is 11.5 Å². The second-order valence-electron chi connectivity index (χ2n) is 6.85. The van der Waals surface area contributed by atoms with Crippen LogP contribution in [0, 0.1) is 0 Å². The van der Waals surface area contributed by atoms with Crippen molar-refractivity contribution in [3.8, 4) is 11.5 Å². The van der Waals surface area contributed by atoms with E-state index in [9.17, 15) is 4.79 Å². The summed E-state index contributed by atoms with van der Waals surface area (Å²) in [6.07, 6.45) is 1.65. The number of nitrogens with one attached hydrogen (secondary N) is 1.